The fourth-order valence-corrected chi connectivity index (χ4v) is 1.67. The third-order valence-corrected chi connectivity index (χ3v) is 2.61. The van der Waals surface area contributed by atoms with E-state index in [4.69, 9.17) is 5.26 Å². The van der Waals surface area contributed by atoms with Crippen LogP contribution in [-0.2, 0) is 6.54 Å². The Labute approximate surface area is 114 Å². The number of aromatic nitrogens is 3. The predicted molar refractivity (Wildman–Crippen MR) is 70.9 cm³/mol. The van der Waals surface area contributed by atoms with E-state index in [0.29, 0.717) is 12.4 Å². The molecule has 8 nitrogen and oxygen atoms in total. The number of nitro groups is 1. The van der Waals surface area contributed by atoms with E-state index in [-0.39, 0.29) is 11.4 Å². The summed E-state index contributed by atoms with van der Waals surface area (Å²) in [5, 5.41) is 26.6. The van der Waals surface area contributed by atoms with Crippen LogP contribution in [0.1, 0.15) is 12.1 Å². The number of aryl methyl sites for hydroxylation is 1. The molecule has 0 bridgehead atoms. The number of nitrogens with zero attached hydrogens (tertiary/aromatic N) is 5. The lowest BCUT2D eigenvalue weighted by Crippen LogP contribution is -2.08. The molecule has 0 atom stereocenters. The second-order valence-corrected chi connectivity index (χ2v) is 3.98. The van der Waals surface area contributed by atoms with E-state index < -0.39 is 4.92 Å². The quantitative estimate of drug-likeness (QED) is 0.485. The van der Waals surface area contributed by atoms with Crippen molar-refractivity contribution in [3.05, 3.63) is 46.4 Å². The first-order chi connectivity index (χ1) is 9.70. The Morgan fingerprint density at radius 1 is 1.50 bits per heavy atom. The van der Waals surface area contributed by atoms with Gasteiger partial charge in [-0.2, -0.15) is 10.4 Å². The highest BCUT2D eigenvalue weighted by atomic mass is 16.6. The van der Waals surface area contributed by atoms with Gasteiger partial charge in [0.15, 0.2) is 0 Å². The first-order valence-corrected chi connectivity index (χ1v) is 5.97. The van der Waals surface area contributed by atoms with Crippen LogP contribution in [-0.4, -0.2) is 26.2 Å². The molecule has 0 fully saturated rings. The van der Waals surface area contributed by atoms with Crippen molar-refractivity contribution in [2.75, 3.05) is 11.9 Å². The van der Waals surface area contributed by atoms with E-state index in [1.807, 2.05) is 16.9 Å². The smallest absolute Gasteiger partial charge is 0.305 e. The molecule has 2 heterocycles. The first kappa shape index (κ1) is 13.5. The predicted octanol–water partition coefficient (Wildman–Crippen LogP) is 1.56. The lowest BCUT2D eigenvalue weighted by atomic mass is 10.3. The topological polar surface area (TPSA) is 110 Å². The number of hydrogen-bond donors (Lipinski definition) is 1. The Morgan fingerprint density at radius 3 is 3.00 bits per heavy atom. The molecule has 8 heteroatoms. The fourth-order valence-electron chi connectivity index (χ4n) is 1.67. The minimum Gasteiger partial charge on any atom is -0.370 e. The summed E-state index contributed by atoms with van der Waals surface area (Å²) >= 11 is 0. The average Bonchev–Trinajstić information content (AvgIpc) is 2.96. The van der Waals surface area contributed by atoms with Gasteiger partial charge in [-0.05, 0) is 18.6 Å². The Bertz CT molecular complexity index is 632. The highest BCUT2D eigenvalue weighted by Gasteiger charge is 2.15. The largest absolute Gasteiger partial charge is 0.370 e. The van der Waals surface area contributed by atoms with Crippen LogP contribution in [0.4, 0.5) is 11.5 Å². The molecule has 0 spiro atoms. The van der Waals surface area contributed by atoms with Crippen LogP contribution < -0.4 is 5.32 Å². The van der Waals surface area contributed by atoms with Crippen LogP contribution >= 0.6 is 0 Å². The molecule has 0 aliphatic carbocycles. The zero-order valence-electron chi connectivity index (χ0n) is 10.6. The molecule has 0 saturated carbocycles. The van der Waals surface area contributed by atoms with Gasteiger partial charge in [0, 0.05) is 31.5 Å². The van der Waals surface area contributed by atoms with Crippen LogP contribution in [0.15, 0.2) is 30.6 Å². The molecule has 2 aromatic heterocycles. The molecule has 20 heavy (non-hydrogen) atoms. The number of anilines is 1. The van der Waals surface area contributed by atoms with Gasteiger partial charge in [0.05, 0.1) is 4.92 Å². The normalized spacial score (nSPS) is 9.95. The number of nitrogens with one attached hydrogen (secondary N) is 1. The monoisotopic (exact) mass is 272 g/mol. The summed E-state index contributed by atoms with van der Waals surface area (Å²) in [6.45, 7) is 1.40. The second-order valence-electron chi connectivity index (χ2n) is 3.98. The lowest BCUT2D eigenvalue weighted by Gasteiger charge is -2.06. The Kier molecular flexibility index (Phi) is 4.24. The van der Waals surface area contributed by atoms with Crippen LogP contribution in [0, 0.1) is 21.4 Å². The minimum absolute atomic E-state index is 0.188. The van der Waals surface area contributed by atoms with Crippen LogP contribution in [0.2, 0.25) is 0 Å². The van der Waals surface area contributed by atoms with Gasteiger partial charge < -0.3 is 5.32 Å². The van der Waals surface area contributed by atoms with Crippen molar-refractivity contribution in [2.24, 2.45) is 0 Å². The van der Waals surface area contributed by atoms with Crippen LogP contribution in [0.25, 0.3) is 0 Å². The summed E-state index contributed by atoms with van der Waals surface area (Å²) in [5.74, 6) is 0.451. The average molecular weight is 272 g/mol. The van der Waals surface area contributed by atoms with E-state index in [1.54, 1.807) is 12.3 Å². The van der Waals surface area contributed by atoms with Crippen molar-refractivity contribution in [3.8, 4) is 6.07 Å². The maximum absolute atomic E-state index is 10.7. The van der Waals surface area contributed by atoms with Gasteiger partial charge in [0.1, 0.15) is 11.9 Å². The molecule has 1 N–H and O–H groups in total. The summed E-state index contributed by atoms with van der Waals surface area (Å²) in [5.41, 5.74) is -0.471. The molecular formula is C12H12N6O2. The van der Waals surface area contributed by atoms with Gasteiger partial charge in [-0.3, -0.25) is 14.8 Å². The summed E-state index contributed by atoms with van der Waals surface area (Å²) in [4.78, 5) is 14.0. The van der Waals surface area contributed by atoms with Crippen molar-refractivity contribution in [2.45, 2.75) is 13.0 Å². The van der Waals surface area contributed by atoms with Crippen molar-refractivity contribution in [3.63, 3.8) is 0 Å². The van der Waals surface area contributed by atoms with Crippen molar-refractivity contribution in [1.82, 2.24) is 14.8 Å². The van der Waals surface area contributed by atoms with Gasteiger partial charge in [0.25, 0.3) is 0 Å². The van der Waals surface area contributed by atoms with Gasteiger partial charge in [-0.15, -0.1) is 0 Å². The molecule has 0 radical (unpaired) electrons. The molecule has 0 amide bonds. The number of rotatable bonds is 6. The molecule has 0 aliphatic rings. The van der Waals surface area contributed by atoms with Crippen molar-refractivity contribution in [1.29, 1.82) is 5.26 Å². The molecule has 2 aromatic rings. The first-order valence-electron chi connectivity index (χ1n) is 5.97. The van der Waals surface area contributed by atoms with Crippen molar-refractivity contribution < 1.29 is 4.92 Å². The standard InChI is InChI=1S/C12H12N6O2/c13-9-10-11(18(19)20)3-4-12(16-10)14-5-1-7-17-8-2-6-15-17/h2-4,6,8H,1,5,7H2,(H,14,16). The van der Waals surface area contributed by atoms with Gasteiger partial charge >= 0.3 is 5.69 Å². The van der Waals surface area contributed by atoms with E-state index in [2.05, 4.69) is 15.4 Å². The number of nitriles is 1. The fraction of sp³-hybridized carbons (Fsp3) is 0.250. The molecule has 0 saturated heterocycles. The summed E-state index contributed by atoms with van der Waals surface area (Å²) in [6, 6.07) is 6.35. The lowest BCUT2D eigenvalue weighted by molar-refractivity contribution is -0.385. The van der Waals surface area contributed by atoms with Crippen LogP contribution in [0.3, 0.4) is 0 Å². The van der Waals surface area contributed by atoms with E-state index in [0.717, 1.165) is 13.0 Å². The van der Waals surface area contributed by atoms with Gasteiger partial charge in [-0.1, -0.05) is 0 Å². The highest BCUT2D eigenvalue weighted by Crippen LogP contribution is 2.17. The molecule has 0 aromatic carbocycles. The van der Waals surface area contributed by atoms with E-state index in [1.165, 1.54) is 12.1 Å². The third kappa shape index (κ3) is 3.29. The highest BCUT2D eigenvalue weighted by molar-refractivity contribution is 5.50. The Balaban J connectivity index is 1.90. The number of hydrogen-bond acceptors (Lipinski definition) is 6. The molecule has 0 aliphatic heterocycles. The van der Waals surface area contributed by atoms with E-state index >= 15 is 0 Å². The SMILES string of the molecule is N#Cc1nc(NCCCn2cccn2)ccc1[N+](=O)[O-]. The Hall–Kier alpha value is -2.95. The zero-order valence-corrected chi connectivity index (χ0v) is 10.6. The summed E-state index contributed by atoms with van der Waals surface area (Å²) < 4.78 is 1.81. The second kappa shape index (κ2) is 6.29. The maximum atomic E-state index is 10.7. The van der Waals surface area contributed by atoms with Crippen molar-refractivity contribution >= 4 is 11.5 Å². The number of pyridine rings is 1. The molecule has 0 unspecified atom stereocenters. The minimum atomic E-state index is -0.618. The van der Waals surface area contributed by atoms with Gasteiger partial charge in [0.2, 0.25) is 5.69 Å². The van der Waals surface area contributed by atoms with Crippen LogP contribution in [0.5, 0.6) is 0 Å². The molecular weight excluding hydrogens is 260 g/mol. The Morgan fingerprint density at radius 2 is 2.35 bits per heavy atom. The summed E-state index contributed by atoms with van der Waals surface area (Å²) in [7, 11) is 0. The molecule has 2 rings (SSSR count). The third-order valence-electron chi connectivity index (χ3n) is 2.61. The molecule has 102 valence electrons. The maximum Gasteiger partial charge on any atom is 0.305 e. The zero-order chi connectivity index (χ0) is 14.4. The van der Waals surface area contributed by atoms with E-state index in [9.17, 15) is 10.1 Å². The summed E-state index contributed by atoms with van der Waals surface area (Å²) in [6.07, 6.45) is 4.41. The van der Waals surface area contributed by atoms with Gasteiger partial charge in [-0.25, -0.2) is 4.98 Å².